The molecular formula is C13H22N2O2. The highest BCUT2D eigenvalue weighted by molar-refractivity contribution is 5.81. The van der Waals surface area contributed by atoms with Crippen LogP contribution in [-0.4, -0.2) is 35.6 Å². The lowest BCUT2D eigenvalue weighted by Gasteiger charge is -2.42. The molecule has 1 fully saturated rings. The van der Waals surface area contributed by atoms with E-state index in [1.165, 1.54) is 0 Å². The second-order valence-electron chi connectivity index (χ2n) is 5.76. The van der Waals surface area contributed by atoms with Gasteiger partial charge < -0.3 is 9.64 Å². The van der Waals surface area contributed by atoms with Crippen molar-refractivity contribution in [2.75, 3.05) is 13.1 Å². The number of hydrogen-bond donors (Lipinski definition) is 0. The molecular weight excluding hydrogens is 216 g/mol. The normalized spacial score (nSPS) is 25.5. The van der Waals surface area contributed by atoms with Crippen molar-refractivity contribution >= 4 is 5.91 Å². The molecule has 4 nitrogen and oxygen atoms in total. The quantitative estimate of drug-likeness (QED) is 0.737. The Balaban J connectivity index is 2.79. The summed E-state index contributed by atoms with van der Waals surface area (Å²) < 4.78 is 5.75. The van der Waals surface area contributed by atoms with Crippen LogP contribution in [-0.2, 0) is 9.53 Å². The van der Waals surface area contributed by atoms with E-state index in [4.69, 9.17) is 10.00 Å². The smallest absolute Gasteiger partial charge is 0.240 e. The molecule has 0 N–H and O–H groups in total. The first-order valence-corrected chi connectivity index (χ1v) is 6.13. The maximum atomic E-state index is 12.3. The Kier molecular flexibility index (Phi) is 4.16. The van der Waals surface area contributed by atoms with Crippen LogP contribution in [0.15, 0.2) is 0 Å². The SMILES string of the molecule is CC1CN(C(=O)C(C#N)C(C)C)CC(C)(C)O1. The third-order valence-electron chi connectivity index (χ3n) is 2.95. The molecule has 0 aromatic carbocycles. The maximum absolute atomic E-state index is 12.3. The van der Waals surface area contributed by atoms with Crippen molar-refractivity contribution in [3.8, 4) is 6.07 Å². The number of amides is 1. The van der Waals surface area contributed by atoms with Crippen molar-refractivity contribution in [2.45, 2.75) is 46.3 Å². The number of ether oxygens (including phenoxy) is 1. The lowest BCUT2D eigenvalue weighted by Crippen LogP contribution is -2.55. The summed E-state index contributed by atoms with van der Waals surface area (Å²) in [5.74, 6) is -0.560. The number of hydrogen-bond acceptors (Lipinski definition) is 3. The summed E-state index contributed by atoms with van der Waals surface area (Å²) in [6.07, 6.45) is 0.0224. The van der Waals surface area contributed by atoms with E-state index < -0.39 is 5.92 Å². The van der Waals surface area contributed by atoms with E-state index in [1.807, 2.05) is 34.6 Å². The Morgan fingerprint density at radius 1 is 1.53 bits per heavy atom. The number of carbonyl (C=O) groups excluding carboxylic acids is 1. The zero-order chi connectivity index (χ0) is 13.2. The van der Waals surface area contributed by atoms with Gasteiger partial charge in [0, 0.05) is 13.1 Å². The molecule has 1 aliphatic heterocycles. The van der Waals surface area contributed by atoms with E-state index in [1.54, 1.807) is 4.90 Å². The Morgan fingerprint density at radius 2 is 2.12 bits per heavy atom. The van der Waals surface area contributed by atoms with Gasteiger partial charge in [-0.3, -0.25) is 4.79 Å². The van der Waals surface area contributed by atoms with Crippen molar-refractivity contribution < 1.29 is 9.53 Å². The number of morpholine rings is 1. The Morgan fingerprint density at radius 3 is 2.53 bits per heavy atom. The minimum atomic E-state index is -0.545. The van der Waals surface area contributed by atoms with Gasteiger partial charge >= 0.3 is 0 Å². The molecule has 0 aliphatic carbocycles. The minimum Gasteiger partial charge on any atom is -0.369 e. The van der Waals surface area contributed by atoms with E-state index >= 15 is 0 Å². The minimum absolute atomic E-state index is 0.0224. The van der Waals surface area contributed by atoms with Gasteiger partial charge in [-0.25, -0.2) is 0 Å². The maximum Gasteiger partial charge on any atom is 0.240 e. The van der Waals surface area contributed by atoms with Gasteiger partial charge in [-0.05, 0) is 26.7 Å². The standard InChI is InChI=1S/C13H22N2O2/c1-9(2)11(6-14)12(16)15-7-10(3)17-13(4,5)8-15/h9-11H,7-8H2,1-5H3. The molecule has 4 heteroatoms. The third kappa shape index (κ3) is 3.44. The van der Waals surface area contributed by atoms with Crippen LogP contribution < -0.4 is 0 Å². The van der Waals surface area contributed by atoms with Gasteiger partial charge in [-0.1, -0.05) is 13.8 Å². The van der Waals surface area contributed by atoms with Gasteiger partial charge in [0.2, 0.25) is 5.91 Å². The number of nitriles is 1. The van der Waals surface area contributed by atoms with Gasteiger partial charge in [-0.15, -0.1) is 0 Å². The average molecular weight is 238 g/mol. The lowest BCUT2D eigenvalue weighted by molar-refractivity contribution is -0.161. The molecule has 0 aromatic heterocycles. The van der Waals surface area contributed by atoms with Gasteiger partial charge in [0.1, 0.15) is 5.92 Å². The fourth-order valence-electron chi connectivity index (χ4n) is 2.31. The molecule has 0 radical (unpaired) electrons. The summed E-state index contributed by atoms with van der Waals surface area (Å²) in [6, 6.07) is 2.11. The molecule has 1 rings (SSSR count). The van der Waals surface area contributed by atoms with Crippen molar-refractivity contribution in [3.05, 3.63) is 0 Å². The first kappa shape index (κ1) is 14.0. The highest BCUT2D eigenvalue weighted by Gasteiger charge is 2.36. The van der Waals surface area contributed by atoms with Crippen molar-refractivity contribution in [3.63, 3.8) is 0 Å². The largest absolute Gasteiger partial charge is 0.369 e. The number of rotatable bonds is 2. The van der Waals surface area contributed by atoms with E-state index in [9.17, 15) is 4.79 Å². The zero-order valence-electron chi connectivity index (χ0n) is 11.4. The number of carbonyl (C=O) groups is 1. The summed E-state index contributed by atoms with van der Waals surface area (Å²) in [5.41, 5.74) is -0.329. The highest BCUT2D eigenvalue weighted by Crippen LogP contribution is 2.23. The predicted octanol–water partition coefficient (Wildman–Crippen LogP) is 1.81. The lowest BCUT2D eigenvalue weighted by atomic mass is 9.94. The van der Waals surface area contributed by atoms with Crippen LogP contribution in [0.3, 0.4) is 0 Å². The monoisotopic (exact) mass is 238 g/mol. The van der Waals surface area contributed by atoms with Crippen molar-refractivity contribution in [1.29, 1.82) is 5.26 Å². The van der Waals surface area contributed by atoms with Crippen LogP contribution >= 0.6 is 0 Å². The van der Waals surface area contributed by atoms with Crippen LogP contribution in [0.2, 0.25) is 0 Å². The summed E-state index contributed by atoms with van der Waals surface area (Å²) >= 11 is 0. The Labute approximate surface area is 104 Å². The van der Waals surface area contributed by atoms with Crippen LogP contribution in [0.1, 0.15) is 34.6 Å². The van der Waals surface area contributed by atoms with E-state index in [0.29, 0.717) is 13.1 Å². The summed E-state index contributed by atoms with van der Waals surface area (Å²) in [5, 5.41) is 9.06. The molecule has 1 heterocycles. The molecule has 2 atom stereocenters. The number of nitrogens with zero attached hydrogens (tertiary/aromatic N) is 2. The summed E-state index contributed by atoms with van der Waals surface area (Å²) in [6.45, 7) is 10.8. The molecule has 0 bridgehead atoms. The van der Waals surface area contributed by atoms with Crippen LogP contribution in [0, 0.1) is 23.2 Å². The van der Waals surface area contributed by atoms with Crippen molar-refractivity contribution in [2.24, 2.45) is 11.8 Å². The fraction of sp³-hybridized carbons (Fsp3) is 0.846. The predicted molar refractivity (Wildman–Crippen MR) is 65.1 cm³/mol. The molecule has 17 heavy (non-hydrogen) atoms. The second-order valence-corrected chi connectivity index (χ2v) is 5.76. The zero-order valence-corrected chi connectivity index (χ0v) is 11.4. The van der Waals surface area contributed by atoms with Gasteiger partial charge in [0.15, 0.2) is 0 Å². The van der Waals surface area contributed by atoms with Gasteiger partial charge in [-0.2, -0.15) is 5.26 Å². The molecule has 0 aromatic rings. The van der Waals surface area contributed by atoms with E-state index in [0.717, 1.165) is 0 Å². The molecule has 2 unspecified atom stereocenters. The fourth-order valence-corrected chi connectivity index (χ4v) is 2.31. The van der Waals surface area contributed by atoms with Crippen molar-refractivity contribution in [1.82, 2.24) is 4.90 Å². The second kappa shape index (κ2) is 5.05. The topological polar surface area (TPSA) is 53.3 Å². The highest BCUT2D eigenvalue weighted by atomic mass is 16.5. The van der Waals surface area contributed by atoms with Crippen LogP contribution in [0.25, 0.3) is 0 Å². The summed E-state index contributed by atoms with van der Waals surface area (Å²) in [7, 11) is 0. The molecule has 0 spiro atoms. The van der Waals surface area contributed by atoms with Gasteiger partial charge in [0.25, 0.3) is 0 Å². The molecule has 1 aliphatic rings. The molecule has 96 valence electrons. The first-order chi connectivity index (χ1) is 7.76. The third-order valence-corrected chi connectivity index (χ3v) is 2.95. The average Bonchev–Trinajstić information content (AvgIpc) is 2.14. The Bertz CT molecular complexity index is 331. The molecule has 1 saturated heterocycles. The summed E-state index contributed by atoms with van der Waals surface area (Å²) in [4.78, 5) is 14.0. The van der Waals surface area contributed by atoms with Crippen LogP contribution in [0.4, 0.5) is 0 Å². The van der Waals surface area contributed by atoms with Gasteiger partial charge in [0.05, 0.1) is 17.8 Å². The van der Waals surface area contributed by atoms with E-state index in [2.05, 4.69) is 6.07 Å². The van der Waals surface area contributed by atoms with Crippen LogP contribution in [0.5, 0.6) is 0 Å². The Hall–Kier alpha value is -1.08. The van der Waals surface area contributed by atoms with E-state index in [-0.39, 0.29) is 23.5 Å². The first-order valence-electron chi connectivity index (χ1n) is 6.13. The molecule has 1 amide bonds. The molecule has 0 saturated carbocycles.